The van der Waals surface area contributed by atoms with Gasteiger partial charge in [-0.3, -0.25) is 0 Å². The van der Waals surface area contributed by atoms with E-state index >= 15 is 0 Å². The second-order valence-electron chi connectivity index (χ2n) is 5.10. The predicted octanol–water partition coefficient (Wildman–Crippen LogP) is 1.14. The summed E-state index contributed by atoms with van der Waals surface area (Å²) < 4.78 is 0. The van der Waals surface area contributed by atoms with Gasteiger partial charge >= 0.3 is 0 Å². The number of aryl methyl sites for hydroxylation is 1. The van der Waals surface area contributed by atoms with Crippen LogP contribution in [0, 0.1) is 6.92 Å². The van der Waals surface area contributed by atoms with Crippen molar-refractivity contribution in [3.05, 3.63) is 11.4 Å². The van der Waals surface area contributed by atoms with Gasteiger partial charge < -0.3 is 15.6 Å². The highest BCUT2D eigenvalue weighted by Crippen LogP contribution is 2.25. The van der Waals surface area contributed by atoms with E-state index in [1.54, 1.807) is 0 Å². The number of aromatic nitrogens is 2. The highest BCUT2D eigenvalue weighted by atomic mass is 15.3. The topological polar surface area (TPSA) is 79.1 Å². The van der Waals surface area contributed by atoms with Crippen molar-refractivity contribution in [3.8, 4) is 0 Å². The van der Waals surface area contributed by atoms with E-state index in [0.717, 1.165) is 42.8 Å². The summed E-state index contributed by atoms with van der Waals surface area (Å²) in [6.07, 6.45) is 3.47. The van der Waals surface area contributed by atoms with Crippen molar-refractivity contribution in [2.75, 3.05) is 30.9 Å². The second kappa shape index (κ2) is 6.16. The minimum atomic E-state index is 0.699. The molecule has 2 rings (SSSR count). The molecule has 1 aliphatic carbocycles. The summed E-state index contributed by atoms with van der Waals surface area (Å²) in [7, 11) is 2.18. The number of hydrogen-bond donors (Lipinski definition) is 3. The zero-order chi connectivity index (χ0) is 13.8. The molecule has 0 saturated heterocycles. The van der Waals surface area contributed by atoms with Crippen LogP contribution in [0.4, 0.5) is 11.6 Å². The maximum absolute atomic E-state index is 5.49. The molecule has 1 fully saturated rings. The SMILES string of the molecule is CCc1nc(NN)c(C)c(NCCN(C)C2CC2)n1. The van der Waals surface area contributed by atoms with Crippen molar-refractivity contribution in [2.45, 2.75) is 39.2 Å². The van der Waals surface area contributed by atoms with Gasteiger partial charge in [0.1, 0.15) is 17.5 Å². The van der Waals surface area contributed by atoms with Gasteiger partial charge in [0.05, 0.1) is 0 Å². The molecule has 6 nitrogen and oxygen atoms in total. The number of hydrogen-bond acceptors (Lipinski definition) is 6. The Morgan fingerprint density at radius 2 is 2.00 bits per heavy atom. The van der Waals surface area contributed by atoms with Crippen LogP contribution in [0.5, 0.6) is 0 Å². The number of nitrogens with one attached hydrogen (secondary N) is 2. The molecule has 6 heteroatoms. The highest BCUT2D eigenvalue weighted by molar-refractivity contribution is 5.56. The molecule has 1 aromatic rings. The first kappa shape index (κ1) is 14.0. The molecule has 0 unspecified atom stereocenters. The van der Waals surface area contributed by atoms with E-state index in [0.29, 0.717) is 5.82 Å². The number of hydrazine groups is 1. The van der Waals surface area contributed by atoms with Gasteiger partial charge in [0.2, 0.25) is 0 Å². The van der Waals surface area contributed by atoms with Gasteiger partial charge in [-0.2, -0.15) is 0 Å². The van der Waals surface area contributed by atoms with E-state index in [9.17, 15) is 0 Å². The van der Waals surface area contributed by atoms with E-state index < -0.39 is 0 Å². The molecule has 1 saturated carbocycles. The average Bonchev–Trinajstić information content (AvgIpc) is 3.25. The first-order valence-corrected chi connectivity index (χ1v) is 6.94. The molecule has 1 heterocycles. The van der Waals surface area contributed by atoms with Crippen molar-refractivity contribution < 1.29 is 0 Å². The van der Waals surface area contributed by atoms with Crippen LogP contribution < -0.4 is 16.6 Å². The molecule has 0 radical (unpaired) electrons. The third-order valence-corrected chi connectivity index (χ3v) is 3.57. The van der Waals surface area contributed by atoms with Gasteiger partial charge in [-0.25, -0.2) is 15.8 Å². The van der Waals surface area contributed by atoms with Gasteiger partial charge in [-0.05, 0) is 26.8 Å². The number of rotatable bonds is 7. The Kier molecular flexibility index (Phi) is 4.55. The number of anilines is 2. The van der Waals surface area contributed by atoms with Crippen LogP contribution >= 0.6 is 0 Å². The van der Waals surface area contributed by atoms with E-state index in [2.05, 4.69) is 32.7 Å². The number of likely N-dealkylation sites (N-methyl/N-ethyl adjacent to an activating group) is 1. The van der Waals surface area contributed by atoms with Crippen LogP contribution in [0.25, 0.3) is 0 Å². The van der Waals surface area contributed by atoms with Gasteiger partial charge in [-0.15, -0.1) is 0 Å². The molecule has 19 heavy (non-hydrogen) atoms. The molecule has 0 spiro atoms. The Bertz CT molecular complexity index is 429. The average molecular weight is 264 g/mol. The highest BCUT2D eigenvalue weighted by Gasteiger charge is 2.25. The van der Waals surface area contributed by atoms with Crippen molar-refractivity contribution in [1.29, 1.82) is 0 Å². The summed E-state index contributed by atoms with van der Waals surface area (Å²) in [6.45, 7) is 5.93. The predicted molar refractivity (Wildman–Crippen MR) is 78.1 cm³/mol. The second-order valence-corrected chi connectivity index (χ2v) is 5.10. The molecule has 4 N–H and O–H groups in total. The largest absolute Gasteiger partial charge is 0.368 e. The molecular formula is C13H24N6. The van der Waals surface area contributed by atoms with E-state index in [-0.39, 0.29) is 0 Å². The molecule has 1 aromatic heterocycles. The molecule has 0 atom stereocenters. The normalized spacial score (nSPS) is 14.8. The number of nitrogen functional groups attached to an aromatic ring is 1. The number of nitrogens with zero attached hydrogens (tertiary/aromatic N) is 3. The van der Waals surface area contributed by atoms with E-state index in [1.807, 2.05) is 13.8 Å². The summed E-state index contributed by atoms with van der Waals surface area (Å²) >= 11 is 0. The van der Waals surface area contributed by atoms with Crippen LogP contribution in [0.3, 0.4) is 0 Å². The smallest absolute Gasteiger partial charge is 0.148 e. The summed E-state index contributed by atoms with van der Waals surface area (Å²) in [4.78, 5) is 11.3. The summed E-state index contributed by atoms with van der Waals surface area (Å²) in [5, 5.41) is 3.39. The fourth-order valence-corrected chi connectivity index (χ4v) is 2.08. The minimum Gasteiger partial charge on any atom is -0.368 e. The quantitative estimate of drug-likeness (QED) is 0.506. The van der Waals surface area contributed by atoms with Crippen molar-refractivity contribution >= 4 is 11.6 Å². The monoisotopic (exact) mass is 264 g/mol. The molecular weight excluding hydrogens is 240 g/mol. The summed E-state index contributed by atoms with van der Waals surface area (Å²) in [6, 6.07) is 0.792. The lowest BCUT2D eigenvalue weighted by Crippen LogP contribution is -2.27. The molecule has 0 amide bonds. The van der Waals surface area contributed by atoms with Crippen molar-refractivity contribution in [3.63, 3.8) is 0 Å². The lowest BCUT2D eigenvalue weighted by molar-refractivity contribution is 0.337. The Morgan fingerprint density at radius 1 is 1.32 bits per heavy atom. The van der Waals surface area contributed by atoms with Gasteiger partial charge in [0.25, 0.3) is 0 Å². The van der Waals surface area contributed by atoms with Gasteiger partial charge in [0.15, 0.2) is 0 Å². The molecule has 1 aliphatic rings. The lowest BCUT2D eigenvalue weighted by Gasteiger charge is -2.17. The lowest BCUT2D eigenvalue weighted by atomic mass is 10.3. The summed E-state index contributed by atoms with van der Waals surface area (Å²) in [5.41, 5.74) is 3.60. The maximum atomic E-state index is 5.49. The van der Waals surface area contributed by atoms with Crippen LogP contribution in [0.1, 0.15) is 31.2 Å². The standard InChI is InChI=1S/C13H24N6/c1-4-11-16-12(9(2)13(17-11)18-14)15-7-8-19(3)10-5-6-10/h10H,4-8,14H2,1-3H3,(H2,15,16,17,18). The van der Waals surface area contributed by atoms with E-state index in [4.69, 9.17) is 5.84 Å². The Labute approximate surface area is 114 Å². The fraction of sp³-hybridized carbons (Fsp3) is 0.692. The molecule has 0 aliphatic heterocycles. The Hall–Kier alpha value is -1.40. The molecule has 106 valence electrons. The molecule has 0 aromatic carbocycles. The first-order chi connectivity index (χ1) is 9.15. The third-order valence-electron chi connectivity index (χ3n) is 3.57. The minimum absolute atomic E-state index is 0.699. The van der Waals surface area contributed by atoms with Gasteiger partial charge in [-0.1, -0.05) is 6.92 Å². The third kappa shape index (κ3) is 3.54. The van der Waals surface area contributed by atoms with Crippen molar-refractivity contribution in [2.24, 2.45) is 5.84 Å². The Morgan fingerprint density at radius 3 is 2.58 bits per heavy atom. The van der Waals surface area contributed by atoms with Crippen LogP contribution in [-0.2, 0) is 6.42 Å². The first-order valence-electron chi connectivity index (χ1n) is 6.94. The van der Waals surface area contributed by atoms with E-state index in [1.165, 1.54) is 12.8 Å². The summed E-state index contributed by atoms with van der Waals surface area (Å²) in [5.74, 6) is 7.87. The van der Waals surface area contributed by atoms with Crippen LogP contribution in [-0.4, -0.2) is 41.0 Å². The zero-order valence-corrected chi connectivity index (χ0v) is 12.0. The zero-order valence-electron chi connectivity index (χ0n) is 12.0. The number of nitrogens with two attached hydrogens (primary N) is 1. The van der Waals surface area contributed by atoms with Gasteiger partial charge in [0, 0.05) is 31.1 Å². The fourth-order valence-electron chi connectivity index (χ4n) is 2.08. The van der Waals surface area contributed by atoms with Crippen molar-refractivity contribution in [1.82, 2.24) is 14.9 Å². The maximum Gasteiger partial charge on any atom is 0.148 e. The molecule has 0 bridgehead atoms. The van der Waals surface area contributed by atoms with Crippen LogP contribution in [0.2, 0.25) is 0 Å². The Balaban J connectivity index is 1.97. The van der Waals surface area contributed by atoms with Crippen LogP contribution in [0.15, 0.2) is 0 Å².